The van der Waals surface area contributed by atoms with Crippen molar-refractivity contribution in [2.24, 2.45) is 5.41 Å². The standard InChI is InChI=1S/C14H17ClO3/c1-14(2)8-17-12-6-10(4-3-5-16)11(15)7-13(12)18-9-14/h5-7H,3-4,8-9H2,1-2H3. The lowest BCUT2D eigenvalue weighted by atomic mass is 9.97. The molecular formula is C14H17ClO3. The van der Waals surface area contributed by atoms with Crippen LogP contribution in [0.2, 0.25) is 5.02 Å². The number of rotatable bonds is 3. The van der Waals surface area contributed by atoms with Gasteiger partial charge in [0.1, 0.15) is 6.29 Å². The molecule has 4 heteroatoms. The van der Waals surface area contributed by atoms with Crippen molar-refractivity contribution in [3.63, 3.8) is 0 Å². The van der Waals surface area contributed by atoms with Gasteiger partial charge >= 0.3 is 0 Å². The second-order valence-electron chi connectivity index (χ2n) is 5.34. The van der Waals surface area contributed by atoms with Crippen molar-refractivity contribution in [3.8, 4) is 11.5 Å². The van der Waals surface area contributed by atoms with E-state index in [9.17, 15) is 4.79 Å². The summed E-state index contributed by atoms with van der Waals surface area (Å²) < 4.78 is 11.5. The number of carbonyl (C=O) groups excluding carboxylic acids is 1. The summed E-state index contributed by atoms with van der Waals surface area (Å²) in [6.45, 7) is 5.39. The molecule has 0 aromatic heterocycles. The first-order chi connectivity index (χ1) is 8.52. The highest BCUT2D eigenvalue weighted by Gasteiger charge is 2.25. The Balaban J connectivity index is 2.26. The van der Waals surface area contributed by atoms with Crippen molar-refractivity contribution in [1.82, 2.24) is 0 Å². The number of benzene rings is 1. The zero-order valence-electron chi connectivity index (χ0n) is 10.7. The van der Waals surface area contributed by atoms with E-state index in [2.05, 4.69) is 13.8 Å². The minimum Gasteiger partial charge on any atom is -0.489 e. The molecule has 18 heavy (non-hydrogen) atoms. The number of hydrogen-bond donors (Lipinski definition) is 0. The summed E-state index contributed by atoms with van der Waals surface area (Å²) in [5, 5.41) is 0.624. The zero-order valence-corrected chi connectivity index (χ0v) is 11.4. The first-order valence-electron chi connectivity index (χ1n) is 6.03. The van der Waals surface area contributed by atoms with Gasteiger partial charge in [-0.1, -0.05) is 25.4 Å². The molecule has 1 heterocycles. The van der Waals surface area contributed by atoms with Crippen LogP contribution >= 0.6 is 11.6 Å². The van der Waals surface area contributed by atoms with E-state index >= 15 is 0 Å². The second kappa shape index (κ2) is 5.19. The van der Waals surface area contributed by atoms with Crippen molar-refractivity contribution >= 4 is 17.9 Å². The molecule has 0 saturated carbocycles. The van der Waals surface area contributed by atoms with E-state index in [-0.39, 0.29) is 5.41 Å². The van der Waals surface area contributed by atoms with Crippen LogP contribution in [0.25, 0.3) is 0 Å². The van der Waals surface area contributed by atoms with Gasteiger partial charge in [-0.25, -0.2) is 0 Å². The Hall–Kier alpha value is -1.22. The molecule has 1 aromatic rings. The van der Waals surface area contributed by atoms with E-state index in [4.69, 9.17) is 21.1 Å². The molecule has 1 aliphatic heterocycles. The van der Waals surface area contributed by atoms with Crippen molar-refractivity contribution in [2.75, 3.05) is 13.2 Å². The molecule has 0 aliphatic carbocycles. The second-order valence-corrected chi connectivity index (χ2v) is 5.74. The third-order valence-corrected chi connectivity index (χ3v) is 3.23. The highest BCUT2D eigenvalue weighted by Crippen LogP contribution is 2.37. The maximum atomic E-state index is 10.4. The van der Waals surface area contributed by atoms with Crippen LogP contribution < -0.4 is 9.47 Å². The van der Waals surface area contributed by atoms with Crippen molar-refractivity contribution in [2.45, 2.75) is 26.7 Å². The van der Waals surface area contributed by atoms with Gasteiger partial charge < -0.3 is 14.3 Å². The van der Waals surface area contributed by atoms with Crippen LogP contribution in [0.1, 0.15) is 25.8 Å². The van der Waals surface area contributed by atoms with E-state index in [1.54, 1.807) is 6.07 Å². The Morgan fingerprint density at radius 1 is 1.28 bits per heavy atom. The lowest BCUT2D eigenvalue weighted by molar-refractivity contribution is -0.107. The summed E-state index contributed by atoms with van der Waals surface area (Å²) in [6.07, 6.45) is 1.98. The largest absolute Gasteiger partial charge is 0.489 e. The van der Waals surface area contributed by atoms with Crippen molar-refractivity contribution < 1.29 is 14.3 Å². The third-order valence-electron chi connectivity index (χ3n) is 2.88. The van der Waals surface area contributed by atoms with Gasteiger partial charge in [0.25, 0.3) is 0 Å². The molecule has 2 rings (SSSR count). The van der Waals surface area contributed by atoms with E-state index < -0.39 is 0 Å². The number of ether oxygens (including phenoxy) is 2. The van der Waals surface area contributed by atoms with Crippen LogP contribution in [-0.2, 0) is 11.2 Å². The molecule has 0 radical (unpaired) electrons. The molecule has 98 valence electrons. The summed E-state index contributed by atoms with van der Waals surface area (Å²) >= 11 is 6.17. The van der Waals surface area contributed by atoms with E-state index in [0.29, 0.717) is 42.6 Å². The van der Waals surface area contributed by atoms with Crippen LogP contribution in [0.4, 0.5) is 0 Å². The molecule has 0 atom stereocenters. The highest BCUT2D eigenvalue weighted by atomic mass is 35.5. The Kier molecular flexibility index (Phi) is 3.81. The van der Waals surface area contributed by atoms with Gasteiger partial charge in [0.2, 0.25) is 0 Å². The summed E-state index contributed by atoms with van der Waals surface area (Å²) in [7, 11) is 0. The maximum Gasteiger partial charge on any atom is 0.162 e. The highest BCUT2D eigenvalue weighted by molar-refractivity contribution is 6.31. The van der Waals surface area contributed by atoms with Crippen LogP contribution in [0.15, 0.2) is 12.1 Å². The van der Waals surface area contributed by atoms with Crippen LogP contribution in [-0.4, -0.2) is 19.5 Å². The number of hydrogen-bond acceptors (Lipinski definition) is 3. The normalized spacial score (nSPS) is 17.1. The molecule has 0 bridgehead atoms. The molecule has 0 unspecified atom stereocenters. The van der Waals surface area contributed by atoms with Crippen LogP contribution in [0, 0.1) is 5.41 Å². The summed E-state index contributed by atoms with van der Waals surface area (Å²) in [4.78, 5) is 10.4. The topological polar surface area (TPSA) is 35.5 Å². The quantitative estimate of drug-likeness (QED) is 0.790. The van der Waals surface area contributed by atoms with Gasteiger partial charge in [0.15, 0.2) is 11.5 Å². The number of aldehydes is 1. The third kappa shape index (κ3) is 2.96. The van der Waals surface area contributed by atoms with E-state index in [1.807, 2.05) is 6.07 Å². The van der Waals surface area contributed by atoms with Gasteiger partial charge in [-0.2, -0.15) is 0 Å². The van der Waals surface area contributed by atoms with Crippen LogP contribution in [0.5, 0.6) is 11.5 Å². The lowest BCUT2D eigenvalue weighted by Crippen LogP contribution is -2.26. The summed E-state index contributed by atoms with van der Waals surface area (Å²) in [6, 6.07) is 3.65. The SMILES string of the molecule is CC1(C)COc2cc(Cl)c(CCC=O)cc2OC1. The van der Waals surface area contributed by atoms with Gasteiger partial charge in [-0.15, -0.1) is 0 Å². The predicted octanol–water partition coefficient (Wildman–Crippen LogP) is 3.27. The molecule has 1 aliphatic rings. The zero-order chi connectivity index (χ0) is 13.2. The molecular weight excluding hydrogens is 252 g/mol. The predicted molar refractivity (Wildman–Crippen MR) is 70.6 cm³/mol. The van der Waals surface area contributed by atoms with Gasteiger partial charge in [-0.05, 0) is 18.1 Å². The van der Waals surface area contributed by atoms with Crippen LogP contribution in [0.3, 0.4) is 0 Å². The Bertz CT molecular complexity index is 455. The molecule has 0 fully saturated rings. The molecule has 3 nitrogen and oxygen atoms in total. The number of carbonyl (C=O) groups is 1. The first-order valence-corrected chi connectivity index (χ1v) is 6.41. The fourth-order valence-corrected chi connectivity index (χ4v) is 2.04. The fourth-order valence-electron chi connectivity index (χ4n) is 1.80. The summed E-state index contributed by atoms with van der Waals surface area (Å²) in [5.41, 5.74) is 0.903. The first kappa shape index (κ1) is 13.2. The maximum absolute atomic E-state index is 10.4. The molecule has 0 amide bonds. The minimum atomic E-state index is -0.0194. The van der Waals surface area contributed by atoms with Gasteiger partial charge in [0, 0.05) is 22.9 Å². The van der Waals surface area contributed by atoms with Gasteiger partial charge in [-0.3, -0.25) is 0 Å². The Labute approximate surface area is 112 Å². The van der Waals surface area contributed by atoms with Crippen molar-refractivity contribution in [3.05, 3.63) is 22.7 Å². The monoisotopic (exact) mass is 268 g/mol. The molecule has 1 aromatic carbocycles. The van der Waals surface area contributed by atoms with E-state index in [1.165, 1.54) is 0 Å². The van der Waals surface area contributed by atoms with E-state index in [0.717, 1.165) is 11.8 Å². The number of fused-ring (bicyclic) bond motifs is 1. The summed E-state index contributed by atoms with van der Waals surface area (Å²) in [5.74, 6) is 1.39. The fraction of sp³-hybridized carbons (Fsp3) is 0.500. The minimum absolute atomic E-state index is 0.0194. The molecule has 0 N–H and O–H groups in total. The Morgan fingerprint density at radius 2 is 1.89 bits per heavy atom. The van der Waals surface area contributed by atoms with Gasteiger partial charge in [0.05, 0.1) is 13.2 Å². The lowest BCUT2D eigenvalue weighted by Gasteiger charge is -2.19. The number of halogens is 1. The average molecular weight is 269 g/mol. The average Bonchev–Trinajstić information content (AvgIpc) is 2.46. The number of aryl methyl sites for hydroxylation is 1. The smallest absolute Gasteiger partial charge is 0.162 e. The Morgan fingerprint density at radius 3 is 2.50 bits per heavy atom. The molecule has 0 spiro atoms. The van der Waals surface area contributed by atoms with Crippen molar-refractivity contribution in [1.29, 1.82) is 0 Å². The molecule has 0 saturated heterocycles.